The van der Waals surface area contributed by atoms with Gasteiger partial charge in [-0.3, -0.25) is 0 Å². The second-order valence-corrected chi connectivity index (χ2v) is 4.19. The highest BCUT2D eigenvalue weighted by molar-refractivity contribution is 6.30. The zero-order valence-electron chi connectivity index (χ0n) is 10.0. The van der Waals surface area contributed by atoms with E-state index in [1.807, 2.05) is 0 Å². The molecule has 2 rings (SSSR count). The molecular weight excluding hydrogens is 300 g/mol. The van der Waals surface area contributed by atoms with Crippen LogP contribution in [0.25, 0.3) is 0 Å². The van der Waals surface area contributed by atoms with E-state index in [0.717, 1.165) is 12.4 Å². The van der Waals surface area contributed by atoms with Gasteiger partial charge in [0.25, 0.3) is 0 Å². The Bertz CT molecular complexity index is 646. The fourth-order valence-corrected chi connectivity index (χ4v) is 1.54. The lowest BCUT2D eigenvalue weighted by molar-refractivity contribution is -0.140. The minimum atomic E-state index is -4.80. The lowest BCUT2D eigenvalue weighted by Crippen LogP contribution is -2.08. The van der Waals surface area contributed by atoms with Gasteiger partial charge in [0, 0.05) is 5.56 Å². The van der Waals surface area contributed by atoms with E-state index in [-0.39, 0.29) is 16.8 Å². The van der Waals surface area contributed by atoms with Gasteiger partial charge in [-0.15, -0.1) is 0 Å². The lowest BCUT2D eigenvalue weighted by Gasteiger charge is -2.11. The van der Waals surface area contributed by atoms with E-state index < -0.39 is 17.6 Å². The first-order chi connectivity index (χ1) is 9.29. The van der Waals surface area contributed by atoms with Crippen molar-refractivity contribution in [3.8, 4) is 11.6 Å². The quantitative estimate of drug-likeness (QED) is 0.610. The van der Waals surface area contributed by atoms with Gasteiger partial charge in [-0.25, -0.2) is 14.4 Å². The van der Waals surface area contributed by atoms with Crippen molar-refractivity contribution in [2.45, 2.75) is 13.1 Å². The number of nitrogens with zero attached hydrogens (tertiary/aromatic N) is 2. The second kappa shape index (κ2) is 5.24. The molecule has 0 aliphatic heterocycles. The lowest BCUT2D eigenvalue weighted by atomic mass is 10.2. The monoisotopic (exact) mass is 306 g/mol. The van der Waals surface area contributed by atoms with Crippen LogP contribution < -0.4 is 4.74 Å². The largest absolute Gasteiger partial charge is 0.439 e. The summed E-state index contributed by atoms with van der Waals surface area (Å²) < 4.78 is 56.0. The van der Waals surface area contributed by atoms with Crippen molar-refractivity contribution in [1.82, 2.24) is 9.97 Å². The summed E-state index contributed by atoms with van der Waals surface area (Å²) >= 11 is 5.74. The van der Waals surface area contributed by atoms with Crippen molar-refractivity contribution in [3.63, 3.8) is 0 Å². The van der Waals surface area contributed by atoms with Crippen LogP contribution in [-0.4, -0.2) is 9.97 Å². The first kappa shape index (κ1) is 14.5. The SMILES string of the molecule is Cc1c(Cl)ncnc1Oc1ccc(F)c(C(F)(F)F)c1. The van der Waals surface area contributed by atoms with Gasteiger partial charge >= 0.3 is 6.18 Å². The predicted octanol–water partition coefficient (Wildman–Crippen LogP) is 4.39. The molecule has 0 amide bonds. The molecule has 0 unspecified atom stereocenters. The normalized spacial score (nSPS) is 11.5. The van der Waals surface area contributed by atoms with E-state index >= 15 is 0 Å². The second-order valence-electron chi connectivity index (χ2n) is 3.84. The molecule has 1 aromatic carbocycles. The maximum atomic E-state index is 13.1. The first-order valence-electron chi connectivity index (χ1n) is 5.30. The van der Waals surface area contributed by atoms with E-state index in [2.05, 4.69) is 9.97 Å². The molecular formula is C12H7ClF4N2O. The zero-order valence-corrected chi connectivity index (χ0v) is 10.8. The van der Waals surface area contributed by atoms with E-state index in [0.29, 0.717) is 17.7 Å². The highest BCUT2D eigenvalue weighted by atomic mass is 35.5. The van der Waals surface area contributed by atoms with Gasteiger partial charge in [0.2, 0.25) is 5.88 Å². The Labute approximate surface area is 116 Å². The molecule has 2 aromatic rings. The number of alkyl halides is 3. The third kappa shape index (κ3) is 2.98. The van der Waals surface area contributed by atoms with Gasteiger partial charge in [0.05, 0.1) is 5.56 Å². The van der Waals surface area contributed by atoms with E-state index in [1.165, 1.54) is 0 Å². The molecule has 3 nitrogen and oxygen atoms in total. The van der Waals surface area contributed by atoms with Crippen molar-refractivity contribution in [2.24, 2.45) is 0 Å². The maximum absolute atomic E-state index is 13.1. The van der Waals surface area contributed by atoms with Crippen LogP contribution in [0.1, 0.15) is 11.1 Å². The van der Waals surface area contributed by atoms with Crippen molar-refractivity contribution < 1.29 is 22.3 Å². The van der Waals surface area contributed by atoms with Gasteiger partial charge in [0.15, 0.2) is 0 Å². The zero-order chi connectivity index (χ0) is 14.9. The molecule has 106 valence electrons. The maximum Gasteiger partial charge on any atom is 0.419 e. The number of rotatable bonds is 2. The van der Waals surface area contributed by atoms with Crippen molar-refractivity contribution in [1.29, 1.82) is 0 Å². The molecule has 1 heterocycles. The molecule has 1 aromatic heterocycles. The Morgan fingerprint density at radius 1 is 1.20 bits per heavy atom. The van der Waals surface area contributed by atoms with Crippen LogP contribution in [-0.2, 0) is 6.18 Å². The summed E-state index contributed by atoms with van der Waals surface area (Å²) in [5.74, 6) is -1.57. The number of ether oxygens (including phenoxy) is 1. The van der Waals surface area contributed by atoms with E-state index in [1.54, 1.807) is 6.92 Å². The smallest absolute Gasteiger partial charge is 0.419 e. The highest BCUT2D eigenvalue weighted by Gasteiger charge is 2.34. The van der Waals surface area contributed by atoms with Crippen LogP contribution in [0.15, 0.2) is 24.5 Å². The molecule has 0 radical (unpaired) electrons. The molecule has 0 aliphatic rings. The van der Waals surface area contributed by atoms with Crippen LogP contribution in [0.3, 0.4) is 0 Å². The van der Waals surface area contributed by atoms with Crippen molar-refractivity contribution in [2.75, 3.05) is 0 Å². The van der Waals surface area contributed by atoms with Crippen molar-refractivity contribution in [3.05, 3.63) is 46.6 Å². The summed E-state index contributed by atoms with van der Waals surface area (Å²) in [4.78, 5) is 7.44. The first-order valence-corrected chi connectivity index (χ1v) is 5.68. The number of hydrogen-bond donors (Lipinski definition) is 0. The van der Waals surface area contributed by atoms with Gasteiger partial charge in [-0.05, 0) is 25.1 Å². The van der Waals surface area contributed by atoms with Crippen LogP contribution in [0.5, 0.6) is 11.6 Å². The third-order valence-corrected chi connectivity index (χ3v) is 2.82. The number of halogens is 5. The summed E-state index contributed by atoms with van der Waals surface area (Å²) in [5.41, 5.74) is -1.04. The molecule has 0 saturated carbocycles. The van der Waals surface area contributed by atoms with Gasteiger partial charge in [-0.1, -0.05) is 11.6 Å². The fraction of sp³-hybridized carbons (Fsp3) is 0.167. The standard InChI is InChI=1S/C12H7ClF4N2O/c1-6-10(13)18-5-19-11(6)20-7-2-3-9(14)8(4-7)12(15,16)17/h2-5H,1H3. The summed E-state index contributed by atoms with van der Waals surface area (Å²) in [6.07, 6.45) is -3.69. The number of aromatic nitrogens is 2. The average molecular weight is 307 g/mol. The third-order valence-electron chi connectivity index (χ3n) is 2.43. The Balaban J connectivity index is 2.38. The van der Waals surface area contributed by atoms with Crippen LogP contribution in [0, 0.1) is 12.7 Å². The van der Waals surface area contributed by atoms with Crippen molar-refractivity contribution >= 4 is 11.6 Å². The highest BCUT2D eigenvalue weighted by Crippen LogP contribution is 2.35. The molecule has 0 N–H and O–H groups in total. The molecule has 0 bridgehead atoms. The Morgan fingerprint density at radius 3 is 2.55 bits per heavy atom. The van der Waals surface area contributed by atoms with Crippen LogP contribution in [0.2, 0.25) is 5.15 Å². The molecule has 0 fully saturated rings. The molecule has 8 heteroatoms. The molecule has 20 heavy (non-hydrogen) atoms. The average Bonchev–Trinajstić information content (AvgIpc) is 2.36. The van der Waals surface area contributed by atoms with Crippen LogP contribution in [0.4, 0.5) is 17.6 Å². The van der Waals surface area contributed by atoms with Gasteiger partial charge in [-0.2, -0.15) is 13.2 Å². The number of benzene rings is 1. The molecule has 0 atom stereocenters. The topological polar surface area (TPSA) is 35.0 Å². The minimum absolute atomic E-state index is 0.00438. The Hall–Kier alpha value is -1.89. The summed E-state index contributed by atoms with van der Waals surface area (Å²) in [7, 11) is 0. The fourth-order valence-electron chi connectivity index (χ4n) is 1.41. The van der Waals surface area contributed by atoms with Gasteiger partial charge < -0.3 is 4.74 Å². The van der Waals surface area contributed by atoms with Crippen LogP contribution >= 0.6 is 11.6 Å². The summed E-state index contributed by atoms with van der Waals surface area (Å²) in [5, 5.41) is 0.119. The van der Waals surface area contributed by atoms with E-state index in [9.17, 15) is 17.6 Å². The van der Waals surface area contributed by atoms with E-state index in [4.69, 9.17) is 16.3 Å². The predicted molar refractivity (Wildman–Crippen MR) is 63.3 cm³/mol. The Morgan fingerprint density at radius 2 is 1.90 bits per heavy atom. The van der Waals surface area contributed by atoms with Gasteiger partial charge in [0.1, 0.15) is 23.0 Å². The Kier molecular flexibility index (Phi) is 3.80. The molecule has 0 saturated heterocycles. The summed E-state index contributed by atoms with van der Waals surface area (Å²) in [6.45, 7) is 1.55. The molecule has 0 aliphatic carbocycles. The number of hydrogen-bond acceptors (Lipinski definition) is 3. The molecule has 0 spiro atoms. The minimum Gasteiger partial charge on any atom is -0.439 e. The summed E-state index contributed by atoms with van der Waals surface area (Å²) in [6, 6.07) is 2.31.